The smallest absolute Gasteiger partial charge is 0.228 e. The molecule has 2 fully saturated rings. The zero-order valence-electron chi connectivity index (χ0n) is 18.2. The van der Waals surface area contributed by atoms with Crippen molar-refractivity contribution in [3.63, 3.8) is 0 Å². The molecule has 162 valence electrons. The number of piperazine rings is 1. The average Bonchev–Trinajstić information content (AvgIpc) is 3.30. The molecule has 1 unspecified atom stereocenters. The van der Waals surface area contributed by atoms with E-state index < -0.39 is 0 Å². The first-order valence-electron chi connectivity index (χ1n) is 11.1. The minimum atomic E-state index is 0.263. The van der Waals surface area contributed by atoms with Crippen LogP contribution in [-0.2, 0) is 4.74 Å². The number of ether oxygens (including phenoxy) is 1. The van der Waals surface area contributed by atoms with Gasteiger partial charge in [0.25, 0.3) is 0 Å². The van der Waals surface area contributed by atoms with E-state index in [1.807, 2.05) is 32.0 Å². The Morgan fingerprint density at radius 2 is 1.61 bits per heavy atom. The van der Waals surface area contributed by atoms with Crippen molar-refractivity contribution in [1.82, 2.24) is 19.9 Å². The monoisotopic (exact) mass is 419 g/mol. The second-order valence-corrected chi connectivity index (χ2v) is 8.33. The normalized spacial score (nSPS) is 19.2. The molecule has 1 atom stereocenters. The number of anilines is 3. The molecule has 31 heavy (non-hydrogen) atoms. The molecule has 0 bridgehead atoms. The van der Waals surface area contributed by atoms with Crippen LogP contribution in [-0.4, -0.2) is 65.4 Å². The third kappa shape index (κ3) is 4.39. The standard InChI is InChI=1S/C23H29N7O/c1-16-14-17(2)26-22(25-16)29-9-11-30(12-10-29)23-27-20-8-4-3-7-19(20)21(28-23)24-15-18-6-5-13-31-18/h3-4,7-8,14,18H,5-6,9-13,15H2,1-2H3,(H,24,27,28). The first-order chi connectivity index (χ1) is 15.2. The van der Waals surface area contributed by atoms with E-state index in [2.05, 4.69) is 37.2 Å². The molecule has 3 aromatic rings. The highest BCUT2D eigenvalue weighted by Gasteiger charge is 2.23. The van der Waals surface area contributed by atoms with E-state index in [1.54, 1.807) is 0 Å². The van der Waals surface area contributed by atoms with Gasteiger partial charge in [-0.15, -0.1) is 0 Å². The van der Waals surface area contributed by atoms with E-state index in [0.29, 0.717) is 0 Å². The lowest BCUT2D eigenvalue weighted by Crippen LogP contribution is -2.47. The molecule has 8 nitrogen and oxygen atoms in total. The van der Waals surface area contributed by atoms with Crippen molar-refractivity contribution in [2.45, 2.75) is 32.8 Å². The third-order valence-electron chi connectivity index (χ3n) is 5.93. The number of benzene rings is 1. The maximum atomic E-state index is 5.77. The molecule has 1 N–H and O–H groups in total. The van der Waals surface area contributed by atoms with Crippen molar-refractivity contribution < 1.29 is 4.74 Å². The van der Waals surface area contributed by atoms with Gasteiger partial charge < -0.3 is 19.9 Å². The van der Waals surface area contributed by atoms with Gasteiger partial charge in [-0.25, -0.2) is 15.0 Å². The Hall–Kier alpha value is -3.00. The molecular formula is C23H29N7O. The molecule has 0 aliphatic carbocycles. The fourth-order valence-corrected chi connectivity index (χ4v) is 4.31. The molecule has 2 aliphatic heterocycles. The third-order valence-corrected chi connectivity index (χ3v) is 5.93. The number of para-hydroxylation sites is 1. The molecule has 1 aromatic carbocycles. The zero-order valence-corrected chi connectivity index (χ0v) is 18.2. The van der Waals surface area contributed by atoms with Crippen molar-refractivity contribution in [1.29, 1.82) is 0 Å². The highest BCUT2D eigenvalue weighted by molar-refractivity contribution is 5.90. The van der Waals surface area contributed by atoms with E-state index in [0.717, 1.165) is 92.2 Å². The lowest BCUT2D eigenvalue weighted by atomic mass is 10.2. The topological polar surface area (TPSA) is 79.3 Å². The van der Waals surface area contributed by atoms with Crippen LogP contribution >= 0.6 is 0 Å². The second-order valence-electron chi connectivity index (χ2n) is 8.33. The van der Waals surface area contributed by atoms with Crippen LogP contribution in [0.5, 0.6) is 0 Å². The molecule has 0 amide bonds. The molecule has 0 radical (unpaired) electrons. The first-order valence-corrected chi connectivity index (χ1v) is 11.1. The molecule has 0 spiro atoms. The van der Waals surface area contributed by atoms with Crippen LogP contribution in [0.25, 0.3) is 10.9 Å². The van der Waals surface area contributed by atoms with Crippen LogP contribution in [0.4, 0.5) is 17.7 Å². The maximum absolute atomic E-state index is 5.77. The van der Waals surface area contributed by atoms with Crippen LogP contribution in [0.3, 0.4) is 0 Å². The van der Waals surface area contributed by atoms with Crippen molar-refractivity contribution in [3.8, 4) is 0 Å². The number of rotatable bonds is 5. The van der Waals surface area contributed by atoms with Crippen LogP contribution in [0.15, 0.2) is 30.3 Å². The summed E-state index contributed by atoms with van der Waals surface area (Å²) in [4.78, 5) is 23.5. The number of hydrogen-bond donors (Lipinski definition) is 1. The quantitative estimate of drug-likeness (QED) is 0.676. The van der Waals surface area contributed by atoms with Gasteiger partial charge in [-0.05, 0) is 44.9 Å². The van der Waals surface area contributed by atoms with Crippen LogP contribution < -0.4 is 15.1 Å². The molecular weight excluding hydrogens is 390 g/mol. The largest absolute Gasteiger partial charge is 0.376 e. The van der Waals surface area contributed by atoms with E-state index in [4.69, 9.17) is 14.7 Å². The van der Waals surface area contributed by atoms with Gasteiger partial charge in [-0.3, -0.25) is 0 Å². The zero-order chi connectivity index (χ0) is 21.2. The van der Waals surface area contributed by atoms with E-state index in [1.165, 1.54) is 0 Å². The van der Waals surface area contributed by atoms with Crippen LogP contribution in [0.2, 0.25) is 0 Å². The van der Waals surface area contributed by atoms with Gasteiger partial charge in [-0.2, -0.15) is 4.98 Å². The number of hydrogen-bond acceptors (Lipinski definition) is 8. The Morgan fingerprint density at radius 3 is 2.29 bits per heavy atom. The fraction of sp³-hybridized carbons (Fsp3) is 0.478. The summed E-state index contributed by atoms with van der Waals surface area (Å²) in [5.74, 6) is 2.47. The van der Waals surface area contributed by atoms with Gasteiger partial charge in [0.05, 0.1) is 11.6 Å². The summed E-state index contributed by atoms with van der Waals surface area (Å²) in [7, 11) is 0. The van der Waals surface area contributed by atoms with Crippen molar-refractivity contribution in [2.24, 2.45) is 0 Å². The lowest BCUT2D eigenvalue weighted by molar-refractivity contribution is 0.120. The number of nitrogens with zero attached hydrogens (tertiary/aromatic N) is 6. The van der Waals surface area contributed by atoms with Gasteiger partial charge in [0.1, 0.15) is 5.82 Å². The Morgan fingerprint density at radius 1 is 0.935 bits per heavy atom. The predicted octanol–water partition coefficient (Wildman–Crippen LogP) is 2.95. The van der Waals surface area contributed by atoms with Gasteiger partial charge in [0, 0.05) is 56.1 Å². The number of fused-ring (bicyclic) bond motifs is 1. The Bertz CT molecular complexity index is 1040. The highest BCUT2D eigenvalue weighted by Crippen LogP contribution is 2.25. The number of aromatic nitrogens is 4. The average molecular weight is 420 g/mol. The molecule has 5 rings (SSSR count). The van der Waals surface area contributed by atoms with Gasteiger partial charge in [0.2, 0.25) is 11.9 Å². The number of nitrogens with one attached hydrogen (secondary N) is 1. The van der Waals surface area contributed by atoms with E-state index >= 15 is 0 Å². The summed E-state index contributed by atoms with van der Waals surface area (Å²) >= 11 is 0. The van der Waals surface area contributed by atoms with Crippen molar-refractivity contribution >= 4 is 28.6 Å². The van der Waals surface area contributed by atoms with Crippen molar-refractivity contribution in [3.05, 3.63) is 41.7 Å². The van der Waals surface area contributed by atoms with Gasteiger partial charge >= 0.3 is 0 Å². The molecule has 2 saturated heterocycles. The lowest BCUT2D eigenvalue weighted by Gasteiger charge is -2.35. The summed E-state index contributed by atoms with van der Waals surface area (Å²) < 4.78 is 5.77. The van der Waals surface area contributed by atoms with Gasteiger partial charge in [0.15, 0.2) is 0 Å². The fourth-order valence-electron chi connectivity index (χ4n) is 4.31. The SMILES string of the molecule is Cc1cc(C)nc(N2CCN(c3nc(NCC4CCCO4)c4ccccc4n3)CC2)n1. The Balaban J connectivity index is 1.34. The van der Waals surface area contributed by atoms with E-state index in [9.17, 15) is 0 Å². The molecule has 2 aromatic heterocycles. The van der Waals surface area contributed by atoms with Crippen molar-refractivity contribution in [2.75, 3.05) is 54.4 Å². The predicted molar refractivity (Wildman–Crippen MR) is 123 cm³/mol. The molecule has 2 aliphatic rings. The Labute approximate surface area is 182 Å². The Kier molecular flexibility index (Phi) is 5.55. The summed E-state index contributed by atoms with van der Waals surface area (Å²) in [6, 6.07) is 10.2. The van der Waals surface area contributed by atoms with E-state index in [-0.39, 0.29) is 6.10 Å². The summed E-state index contributed by atoms with van der Waals surface area (Å²) in [6.07, 6.45) is 2.50. The second kappa shape index (κ2) is 8.63. The minimum absolute atomic E-state index is 0.263. The van der Waals surface area contributed by atoms with Crippen LogP contribution in [0.1, 0.15) is 24.2 Å². The summed E-state index contributed by atoms with van der Waals surface area (Å²) in [6.45, 7) is 9.02. The highest BCUT2D eigenvalue weighted by atomic mass is 16.5. The maximum Gasteiger partial charge on any atom is 0.228 e. The minimum Gasteiger partial charge on any atom is -0.376 e. The summed E-state index contributed by atoms with van der Waals surface area (Å²) in [5.41, 5.74) is 2.97. The first kappa shape index (κ1) is 19.9. The van der Waals surface area contributed by atoms with Gasteiger partial charge in [-0.1, -0.05) is 12.1 Å². The number of aryl methyl sites for hydroxylation is 2. The molecule has 0 saturated carbocycles. The summed E-state index contributed by atoms with van der Waals surface area (Å²) in [5, 5.41) is 4.57. The molecule has 4 heterocycles. The van der Waals surface area contributed by atoms with Crippen LogP contribution in [0, 0.1) is 13.8 Å². The molecule has 8 heteroatoms.